The van der Waals surface area contributed by atoms with Gasteiger partial charge in [0.25, 0.3) is 0 Å². The normalized spacial score (nSPS) is 16.0. The maximum absolute atomic E-state index is 12.1. The minimum absolute atomic E-state index is 0.0140. The first-order valence-electron chi connectivity index (χ1n) is 8.51. The van der Waals surface area contributed by atoms with Crippen LogP contribution in [0.2, 0.25) is 0 Å². The molecule has 0 saturated carbocycles. The first-order chi connectivity index (χ1) is 11.4. The van der Waals surface area contributed by atoms with Crippen LogP contribution >= 0.6 is 0 Å². The molecule has 1 fully saturated rings. The van der Waals surface area contributed by atoms with Crippen LogP contribution in [0, 0.1) is 5.41 Å². The van der Waals surface area contributed by atoms with E-state index in [0.29, 0.717) is 45.9 Å². The van der Waals surface area contributed by atoms with Crippen molar-refractivity contribution in [3.05, 3.63) is 0 Å². The number of aliphatic imine (C=N–C) groups is 1. The summed E-state index contributed by atoms with van der Waals surface area (Å²) in [5, 5.41) is 6.12. The molecule has 0 aliphatic carbocycles. The van der Waals surface area contributed by atoms with E-state index in [1.54, 1.807) is 18.9 Å². The number of rotatable bonds is 5. The molecule has 0 atom stereocenters. The van der Waals surface area contributed by atoms with E-state index in [0.717, 1.165) is 5.96 Å². The van der Waals surface area contributed by atoms with Crippen molar-refractivity contribution in [2.24, 2.45) is 10.4 Å². The van der Waals surface area contributed by atoms with Crippen molar-refractivity contribution in [2.45, 2.75) is 27.7 Å². The fraction of sp³-hybridized carbons (Fsp3) is 0.812. The Labute approximate surface area is 144 Å². The maximum atomic E-state index is 12.1. The summed E-state index contributed by atoms with van der Waals surface area (Å²) >= 11 is 0. The molecule has 1 aliphatic heterocycles. The third kappa shape index (κ3) is 5.58. The number of piperazine rings is 1. The molecule has 1 saturated heterocycles. The summed E-state index contributed by atoms with van der Waals surface area (Å²) in [4.78, 5) is 31.9. The van der Waals surface area contributed by atoms with Crippen molar-refractivity contribution >= 4 is 18.0 Å². The van der Waals surface area contributed by atoms with Crippen LogP contribution in [0.4, 0.5) is 4.79 Å². The molecule has 0 unspecified atom stereocenters. The van der Waals surface area contributed by atoms with Crippen LogP contribution in [0.1, 0.15) is 27.7 Å². The van der Waals surface area contributed by atoms with E-state index in [-0.39, 0.29) is 12.0 Å². The van der Waals surface area contributed by atoms with Crippen molar-refractivity contribution in [3.63, 3.8) is 0 Å². The summed E-state index contributed by atoms with van der Waals surface area (Å²) < 4.78 is 5.02. The molecule has 2 N–H and O–H groups in total. The number of hydrogen-bond donors (Lipinski definition) is 2. The number of ether oxygens (including phenoxy) is 1. The molecule has 0 radical (unpaired) electrons. The van der Waals surface area contributed by atoms with Gasteiger partial charge in [0, 0.05) is 46.3 Å². The van der Waals surface area contributed by atoms with Gasteiger partial charge in [0.1, 0.15) is 0 Å². The van der Waals surface area contributed by atoms with Crippen molar-refractivity contribution in [1.82, 2.24) is 20.4 Å². The molecule has 0 aromatic carbocycles. The summed E-state index contributed by atoms with van der Waals surface area (Å²) in [6.45, 7) is 11.6. The second kappa shape index (κ2) is 9.34. The highest BCUT2D eigenvalue weighted by Gasteiger charge is 2.29. The zero-order valence-electron chi connectivity index (χ0n) is 15.5. The Morgan fingerprint density at radius 3 is 2.17 bits per heavy atom. The van der Waals surface area contributed by atoms with Crippen LogP contribution in [-0.2, 0) is 9.53 Å². The fourth-order valence-electron chi connectivity index (χ4n) is 2.43. The van der Waals surface area contributed by atoms with Gasteiger partial charge in [0.15, 0.2) is 5.96 Å². The quantitative estimate of drug-likeness (QED) is 0.562. The van der Waals surface area contributed by atoms with Crippen LogP contribution in [0.3, 0.4) is 0 Å². The Balaban J connectivity index is 2.51. The molecule has 1 rings (SSSR count). The molecule has 138 valence electrons. The fourth-order valence-corrected chi connectivity index (χ4v) is 2.43. The van der Waals surface area contributed by atoms with Gasteiger partial charge in [-0.05, 0) is 27.7 Å². The SMILES string of the molecule is CCNC(=O)C(C)(C)CNC(=NC)N1CCN(C(=O)OCC)CC1. The number of carbonyl (C=O) groups is 2. The molecular weight excluding hydrogens is 310 g/mol. The Kier molecular flexibility index (Phi) is 7.81. The van der Waals surface area contributed by atoms with Gasteiger partial charge in [-0.15, -0.1) is 0 Å². The number of amides is 2. The minimum atomic E-state index is -0.529. The van der Waals surface area contributed by atoms with Crippen molar-refractivity contribution in [3.8, 4) is 0 Å². The number of nitrogens with one attached hydrogen (secondary N) is 2. The van der Waals surface area contributed by atoms with Crippen molar-refractivity contribution in [1.29, 1.82) is 0 Å². The van der Waals surface area contributed by atoms with E-state index < -0.39 is 5.41 Å². The van der Waals surface area contributed by atoms with Gasteiger partial charge in [0.2, 0.25) is 5.91 Å². The van der Waals surface area contributed by atoms with Crippen LogP contribution < -0.4 is 10.6 Å². The molecule has 1 heterocycles. The number of guanidine groups is 1. The summed E-state index contributed by atoms with van der Waals surface area (Å²) in [6, 6.07) is 0. The zero-order valence-corrected chi connectivity index (χ0v) is 15.5. The lowest BCUT2D eigenvalue weighted by molar-refractivity contribution is -0.128. The summed E-state index contributed by atoms with van der Waals surface area (Å²) in [7, 11) is 1.72. The zero-order chi connectivity index (χ0) is 18.2. The largest absolute Gasteiger partial charge is 0.450 e. The van der Waals surface area contributed by atoms with Gasteiger partial charge >= 0.3 is 6.09 Å². The van der Waals surface area contributed by atoms with Gasteiger partial charge < -0.3 is 25.2 Å². The first kappa shape index (κ1) is 20.1. The molecule has 8 heteroatoms. The van der Waals surface area contributed by atoms with E-state index >= 15 is 0 Å². The van der Waals surface area contributed by atoms with Crippen molar-refractivity contribution < 1.29 is 14.3 Å². The predicted octanol–water partition coefficient (Wildman–Crippen LogP) is 0.498. The lowest BCUT2D eigenvalue weighted by Crippen LogP contribution is -2.55. The molecule has 0 aromatic heterocycles. The third-order valence-electron chi connectivity index (χ3n) is 3.96. The average Bonchev–Trinajstić information content (AvgIpc) is 2.56. The minimum Gasteiger partial charge on any atom is -0.450 e. The first-order valence-corrected chi connectivity index (χ1v) is 8.51. The van der Waals surface area contributed by atoms with Crippen LogP contribution in [0.5, 0.6) is 0 Å². The summed E-state index contributed by atoms with van der Waals surface area (Å²) in [5.41, 5.74) is -0.529. The van der Waals surface area contributed by atoms with E-state index in [9.17, 15) is 9.59 Å². The Morgan fingerprint density at radius 2 is 1.67 bits per heavy atom. The van der Waals surface area contributed by atoms with Crippen LogP contribution in [-0.4, -0.2) is 80.7 Å². The van der Waals surface area contributed by atoms with E-state index in [2.05, 4.69) is 20.5 Å². The van der Waals surface area contributed by atoms with Crippen LogP contribution in [0.15, 0.2) is 4.99 Å². The number of nitrogens with zero attached hydrogens (tertiary/aromatic N) is 3. The third-order valence-corrected chi connectivity index (χ3v) is 3.96. The van der Waals surface area contributed by atoms with Crippen LogP contribution in [0.25, 0.3) is 0 Å². The van der Waals surface area contributed by atoms with Gasteiger partial charge in [-0.2, -0.15) is 0 Å². The monoisotopic (exact) mass is 341 g/mol. The Morgan fingerprint density at radius 1 is 1.08 bits per heavy atom. The lowest BCUT2D eigenvalue weighted by Gasteiger charge is -2.36. The highest BCUT2D eigenvalue weighted by atomic mass is 16.6. The highest BCUT2D eigenvalue weighted by Crippen LogP contribution is 2.14. The van der Waals surface area contributed by atoms with Crippen molar-refractivity contribution in [2.75, 3.05) is 52.9 Å². The van der Waals surface area contributed by atoms with Gasteiger partial charge in [-0.1, -0.05) is 0 Å². The highest BCUT2D eigenvalue weighted by molar-refractivity contribution is 5.84. The second-order valence-electron chi connectivity index (χ2n) is 6.32. The van der Waals surface area contributed by atoms with Gasteiger partial charge in [-0.25, -0.2) is 4.79 Å². The predicted molar refractivity (Wildman–Crippen MR) is 94.0 cm³/mol. The molecule has 1 aliphatic rings. The molecule has 0 spiro atoms. The van der Waals surface area contributed by atoms with Gasteiger partial charge in [-0.3, -0.25) is 9.79 Å². The molecule has 8 nitrogen and oxygen atoms in total. The molecule has 0 bridgehead atoms. The van der Waals surface area contributed by atoms with E-state index in [1.807, 2.05) is 20.8 Å². The smallest absolute Gasteiger partial charge is 0.409 e. The summed E-state index contributed by atoms with van der Waals surface area (Å²) in [6.07, 6.45) is -0.266. The van der Waals surface area contributed by atoms with E-state index in [4.69, 9.17) is 4.74 Å². The average molecular weight is 341 g/mol. The lowest BCUT2D eigenvalue weighted by atomic mass is 9.92. The Bertz CT molecular complexity index is 457. The topological polar surface area (TPSA) is 86.3 Å². The molecule has 24 heavy (non-hydrogen) atoms. The number of carbonyl (C=O) groups excluding carboxylic acids is 2. The maximum Gasteiger partial charge on any atom is 0.409 e. The van der Waals surface area contributed by atoms with E-state index in [1.165, 1.54) is 0 Å². The molecular formula is C16H31N5O3. The molecule has 0 aromatic rings. The summed E-state index contributed by atoms with van der Waals surface area (Å²) in [5.74, 6) is 0.760. The second-order valence-corrected chi connectivity index (χ2v) is 6.32. The molecule has 2 amide bonds. The number of hydrogen-bond acceptors (Lipinski definition) is 4. The standard InChI is InChI=1S/C16H31N5O3/c1-6-18-13(22)16(3,4)12-19-14(17-5)20-8-10-21(11-9-20)15(23)24-7-2/h6-12H2,1-5H3,(H,17,19)(H,18,22). The Hall–Kier alpha value is -1.99. The van der Waals surface area contributed by atoms with Gasteiger partial charge in [0.05, 0.1) is 12.0 Å².